The van der Waals surface area contributed by atoms with E-state index in [9.17, 15) is 31.9 Å². The first-order valence-electron chi connectivity index (χ1n) is 11.6. The molecule has 3 atom stereocenters. The average Bonchev–Trinajstić information content (AvgIpc) is 3.13. The summed E-state index contributed by atoms with van der Waals surface area (Å²) >= 11 is 0. The average molecular weight is 532 g/mol. The van der Waals surface area contributed by atoms with Crippen LogP contribution in [0.1, 0.15) is 30.0 Å². The zero-order valence-electron chi connectivity index (χ0n) is 19.6. The number of primary amides is 1. The van der Waals surface area contributed by atoms with Gasteiger partial charge >= 0.3 is 6.18 Å². The van der Waals surface area contributed by atoms with E-state index in [1.54, 1.807) is 4.90 Å². The molecule has 0 bridgehead atoms. The molecule has 1 aromatic heterocycles. The van der Waals surface area contributed by atoms with Gasteiger partial charge < -0.3 is 21.1 Å². The molecule has 1 aromatic carbocycles. The largest absolute Gasteiger partial charge is 0.416 e. The third kappa shape index (κ3) is 6.24. The van der Waals surface area contributed by atoms with Crippen molar-refractivity contribution in [3.63, 3.8) is 0 Å². The third-order valence-corrected chi connectivity index (χ3v) is 6.65. The Hall–Kier alpha value is -3.13. The van der Waals surface area contributed by atoms with E-state index in [-0.39, 0.29) is 36.9 Å². The molecule has 0 saturated carbocycles. The van der Waals surface area contributed by atoms with E-state index in [0.717, 1.165) is 35.5 Å². The second kappa shape index (κ2) is 10.3. The molecule has 14 heteroatoms. The molecule has 202 valence electrons. The Morgan fingerprint density at radius 3 is 2.54 bits per heavy atom. The van der Waals surface area contributed by atoms with Gasteiger partial charge in [-0.3, -0.25) is 9.69 Å². The number of carbonyl (C=O) groups is 1. The number of rotatable bonds is 7. The summed E-state index contributed by atoms with van der Waals surface area (Å²) in [5.41, 5.74) is 4.43. The van der Waals surface area contributed by atoms with Crippen molar-refractivity contribution in [2.24, 2.45) is 11.7 Å². The Balaban J connectivity index is 1.50. The van der Waals surface area contributed by atoms with Crippen molar-refractivity contribution in [3.8, 4) is 0 Å². The van der Waals surface area contributed by atoms with Crippen molar-refractivity contribution in [1.29, 1.82) is 0 Å². The van der Waals surface area contributed by atoms with Crippen molar-refractivity contribution in [1.82, 2.24) is 14.9 Å². The maximum atomic E-state index is 15.4. The van der Waals surface area contributed by atoms with Gasteiger partial charge in [-0.25, -0.2) is 18.7 Å². The number of halogens is 6. The number of amides is 1. The quantitative estimate of drug-likeness (QED) is 0.471. The smallest absolute Gasteiger partial charge is 0.391 e. The Morgan fingerprint density at radius 1 is 1.22 bits per heavy atom. The molecule has 4 rings (SSSR count). The molecule has 8 nitrogen and oxygen atoms in total. The fraction of sp³-hybridized carbons (Fsp3) is 0.522. The third-order valence-electron chi connectivity index (χ3n) is 6.65. The van der Waals surface area contributed by atoms with E-state index < -0.39 is 60.3 Å². The molecule has 0 aliphatic carbocycles. The van der Waals surface area contributed by atoms with Gasteiger partial charge in [0.2, 0.25) is 11.7 Å². The Morgan fingerprint density at radius 2 is 1.92 bits per heavy atom. The lowest BCUT2D eigenvalue weighted by atomic mass is 9.93. The summed E-state index contributed by atoms with van der Waals surface area (Å²) in [4.78, 5) is 21.5. The summed E-state index contributed by atoms with van der Waals surface area (Å²) in [7, 11) is 0. The molecule has 3 heterocycles. The highest BCUT2D eigenvalue weighted by atomic mass is 19.4. The lowest BCUT2D eigenvalue weighted by Gasteiger charge is -2.35. The van der Waals surface area contributed by atoms with Crippen LogP contribution in [0.2, 0.25) is 0 Å². The second-order valence-corrected chi connectivity index (χ2v) is 9.38. The monoisotopic (exact) mass is 532 g/mol. The first-order valence-corrected chi connectivity index (χ1v) is 11.6. The number of β-amino-alcohol motifs (C(OH)–C–C–N with tert-alkyl or cyclic N) is 1. The molecule has 2 saturated heterocycles. The topological polar surface area (TPSA) is 108 Å². The van der Waals surface area contributed by atoms with Gasteiger partial charge in [0.25, 0.3) is 5.92 Å². The number of piperidine rings is 1. The van der Waals surface area contributed by atoms with Gasteiger partial charge in [-0.05, 0) is 30.7 Å². The van der Waals surface area contributed by atoms with E-state index in [4.69, 9.17) is 5.73 Å². The van der Waals surface area contributed by atoms with Crippen LogP contribution in [0.5, 0.6) is 0 Å². The maximum Gasteiger partial charge on any atom is 0.416 e. The lowest BCUT2D eigenvalue weighted by molar-refractivity contribution is -0.137. The van der Waals surface area contributed by atoms with E-state index in [1.807, 2.05) is 0 Å². The van der Waals surface area contributed by atoms with Crippen LogP contribution in [-0.2, 0) is 11.0 Å². The highest BCUT2D eigenvalue weighted by Gasteiger charge is 2.47. The van der Waals surface area contributed by atoms with E-state index in [1.165, 1.54) is 0 Å². The van der Waals surface area contributed by atoms with Crippen molar-refractivity contribution in [2.45, 2.75) is 37.1 Å². The number of carbonyl (C=O) groups excluding carboxylic acids is 1. The van der Waals surface area contributed by atoms with Crippen LogP contribution < -0.4 is 16.0 Å². The fourth-order valence-corrected chi connectivity index (χ4v) is 4.79. The standard InChI is InChI=1S/C23H26F6N6O2/c24-19-20(31-8-14-5-6-34(9-17(14)36)10-18(30)37)32-12-33-21(19)35-11-22(25,26)7-16(35)13-1-3-15(4-2-13)23(27,28)29/h1-4,12,14,16-17,36H,5-11H2,(H2,30,37)(H,31,32,33). The highest BCUT2D eigenvalue weighted by molar-refractivity contribution is 5.75. The highest BCUT2D eigenvalue weighted by Crippen LogP contribution is 2.44. The minimum atomic E-state index is -4.58. The Labute approximate surface area is 208 Å². The molecule has 2 fully saturated rings. The first-order chi connectivity index (χ1) is 17.3. The minimum absolute atomic E-state index is 0.0156. The zero-order valence-corrected chi connectivity index (χ0v) is 19.6. The molecule has 3 unspecified atom stereocenters. The summed E-state index contributed by atoms with van der Waals surface area (Å²) in [6.07, 6.45) is -4.61. The van der Waals surface area contributed by atoms with Crippen LogP contribution in [0.15, 0.2) is 30.6 Å². The number of alkyl halides is 5. The Kier molecular flexibility index (Phi) is 7.51. The van der Waals surface area contributed by atoms with Crippen LogP contribution >= 0.6 is 0 Å². The van der Waals surface area contributed by atoms with Crippen LogP contribution in [0, 0.1) is 11.7 Å². The number of anilines is 2. The normalized spacial score (nSPS) is 24.3. The van der Waals surface area contributed by atoms with Crippen LogP contribution in [-0.4, -0.2) is 70.6 Å². The van der Waals surface area contributed by atoms with Gasteiger partial charge in [0, 0.05) is 25.4 Å². The van der Waals surface area contributed by atoms with E-state index in [0.29, 0.717) is 13.0 Å². The van der Waals surface area contributed by atoms with Crippen molar-refractivity contribution in [2.75, 3.05) is 42.9 Å². The van der Waals surface area contributed by atoms with Crippen LogP contribution in [0.3, 0.4) is 0 Å². The number of aliphatic hydroxyl groups excluding tert-OH is 1. The van der Waals surface area contributed by atoms with Crippen molar-refractivity contribution < 1.29 is 36.2 Å². The number of aromatic nitrogens is 2. The van der Waals surface area contributed by atoms with Gasteiger partial charge in [-0.2, -0.15) is 17.6 Å². The number of hydrogen-bond acceptors (Lipinski definition) is 7. The molecule has 1 amide bonds. The Bertz CT molecular complexity index is 1120. The van der Waals surface area contributed by atoms with E-state index in [2.05, 4.69) is 15.3 Å². The zero-order chi connectivity index (χ0) is 27.0. The first kappa shape index (κ1) is 26.9. The molecule has 4 N–H and O–H groups in total. The van der Waals surface area contributed by atoms with E-state index >= 15 is 4.39 Å². The maximum absolute atomic E-state index is 15.4. The van der Waals surface area contributed by atoms with Crippen LogP contribution in [0.4, 0.5) is 38.0 Å². The fourth-order valence-electron chi connectivity index (χ4n) is 4.79. The molecule has 2 aliphatic heterocycles. The molecular weight excluding hydrogens is 506 g/mol. The van der Waals surface area contributed by atoms with Gasteiger partial charge in [-0.1, -0.05) is 12.1 Å². The van der Waals surface area contributed by atoms with Gasteiger partial charge in [0.15, 0.2) is 11.6 Å². The lowest BCUT2D eigenvalue weighted by Crippen LogP contribution is -2.48. The second-order valence-electron chi connectivity index (χ2n) is 9.38. The van der Waals surface area contributed by atoms with Crippen molar-refractivity contribution in [3.05, 3.63) is 47.5 Å². The molecular formula is C23H26F6N6O2. The number of nitrogens with zero attached hydrogens (tertiary/aromatic N) is 4. The summed E-state index contributed by atoms with van der Waals surface area (Å²) < 4.78 is 82.9. The molecule has 0 spiro atoms. The van der Waals surface area contributed by atoms with Gasteiger partial charge in [-0.15, -0.1) is 0 Å². The SMILES string of the molecule is NC(=O)CN1CCC(CNc2ncnc(N3CC(F)(F)CC3c3ccc(C(F)(F)F)cc3)c2F)C(O)C1. The number of nitrogens with one attached hydrogen (secondary N) is 1. The van der Waals surface area contributed by atoms with Gasteiger partial charge in [0.1, 0.15) is 6.33 Å². The molecule has 2 aliphatic rings. The molecule has 0 radical (unpaired) electrons. The summed E-state index contributed by atoms with van der Waals surface area (Å²) in [5.74, 6) is -5.67. The summed E-state index contributed by atoms with van der Waals surface area (Å²) in [6, 6.07) is 2.70. The predicted molar refractivity (Wildman–Crippen MR) is 121 cm³/mol. The number of hydrogen-bond donors (Lipinski definition) is 3. The summed E-state index contributed by atoms with van der Waals surface area (Å²) in [6.45, 7) is -0.0196. The number of benzene rings is 1. The van der Waals surface area contributed by atoms with Crippen LogP contribution in [0.25, 0.3) is 0 Å². The minimum Gasteiger partial charge on any atom is -0.391 e. The summed E-state index contributed by atoms with van der Waals surface area (Å²) in [5, 5.41) is 13.2. The van der Waals surface area contributed by atoms with Gasteiger partial charge in [0.05, 0.1) is 30.8 Å². The predicted octanol–water partition coefficient (Wildman–Crippen LogP) is 2.80. The van der Waals surface area contributed by atoms with Crippen molar-refractivity contribution >= 4 is 17.5 Å². The number of likely N-dealkylation sites (tertiary alicyclic amines) is 1. The number of nitrogens with two attached hydrogens (primary N) is 1. The molecule has 2 aromatic rings. The molecule has 37 heavy (non-hydrogen) atoms. The number of aliphatic hydroxyl groups is 1.